The van der Waals surface area contributed by atoms with E-state index in [1.165, 1.54) is 4.57 Å². The van der Waals surface area contributed by atoms with Crippen LogP contribution in [0.2, 0.25) is 0 Å². The lowest BCUT2D eigenvalue weighted by atomic mass is 10.1. The molecule has 0 amide bonds. The second-order valence-electron chi connectivity index (χ2n) is 6.78. The van der Waals surface area contributed by atoms with Crippen LogP contribution in [0.15, 0.2) is 47.7 Å². The lowest BCUT2D eigenvalue weighted by Gasteiger charge is -2.19. The first-order valence-corrected chi connectivity index (χ1v) is 8.01. The summed E-state index contributed by atoms with van der Waals surface area (Å²) in [5.41, 5.74) is 0.493. The second-order valence-corrected chi connectivity index (χ2v) is 6.78. The Kier molecular flexibility index (Phi) is 4.16. The van der Waals surface area contributed by atoms with Gasteiger partial charge < -0.3 is 4.74 Å². The molecular weight excluding hydrogens is 320 g/mol. The quantitative estimate of drug-likeness (QED) is 0.716. The highest BCUT2D eigenvalue weighted by Gasteiger charge is 2.26. The van der Waals surface area contributed by atoms with Crippen LogP contribution < -0.4 is 5.69 Å². The number of hydrogen-bond donors (Lipinski definition) is 0. The Morgan fingerprint density at radius 2 is 1.92 bits per heavy atom. The minimum Gasteiger partial charge on any atom is -0.443 e. The Hall–Kier alpha value is -2.96. The molecule has 25 heavy (non-hydrogen) atoms. The van der Waals surface area contributed by atoms with Crippen molar-refractivity contribution in [3.05, 3.63) is 58.9 Å². The van der Waals surface area contributed by atoms with Gasteiger partial charge >= 0.3 is 11.8 Å². The fourth-order valence-corrected chi connectivity index (χ4v) is 2.66. The van der Waals surface area contributed by atoms with E-state index in [0.717, 1.165) is 10.1 Å². The topological polar surface area (TPSA) is 79.0 Å². The molecule has 0 aromatic carbocycles. The minimum atomic E-state index is -0.715. The number of carbonyl (C=O) groups excluding carboxylic acids is 1. The fourth-order valence-electron chi connectivity index (χ4n) is 2.66. The monoisotopic (exact) mass is 340 g/mol. The lowest BCUT2D eigenvalue weighted by molar-refractivity contribution is 0.0537. The fraction of sp³-hybridized carbons (Fsp3) is 0.333. The van der Waals surface area contributed by atoms with Gasteiger partial charge in [-0.3, -0.25) is 9.55 Å². The van der Waals surface area contributed by atoms with Crippen molar-refractivity contribution in [3.63, 3.8) is 0 Å². The van der Waals surface area contributed by atoms with E-state index in [9.17, 15) is 9.59 Å². The number of carbonyl (C=O) groups is 1. The molecule has 0 radical (unpaired) electrons. The molecule has 1 atom stereocenters. The van der Waals surface area contributed by atoms with Crippen LogP contribution in [0.1, 0.15) is 39.3 Å². The molecule has 3 rings (SSSR count). The molecule has 7 nitrogen and oxygen atoms in total. The summed E-state index contributed by atoms with van der Waals surface area (Å²) in [5.74, 6) is 0. The zero-order chi connectivity index (χ0) is 18.2. The Morgan fingerprint density at radius 1 is 1.20 bits per heavy atom. The number of rotatable bonds is 2. The van der Waals surface area contributed by atoms with Gasteiger partial charge in [0.1, 0.15) is 11.1 Å². The molecule has 0 N–H and O–H groups in total. The third-order valence-corrected chi connectivity index (χ3v) is 3.76. The highest BCUT2D eigenvalue weighted by molar-refractivity contribution is 5.85. The first-order valence-electron chi connectivity index (χ1n) is 8.01. The largest absolute Gasteiger partial charge is 0.443 e. The van der Waals surface area contributed by atoms with Crippen LogP contribution in [0.5, 0.6) is 0 Å². The number of fused-ring (bicyclic) bond motifs is 1. The van der Waals surface area contributed by atoms with Crippen molar-refractivity contribution < 1.29 is 9.53 Å². The van der Waals surface area contributed by atoms with Gasteiger partial charge in [0.05, 0.1) is 6.04 Å². The Morgan fingerprint density at radius 3 is 2.56 bits per heavy atom. The average molecular weight is 340 g/mol. The Bertz CT molecular complexity index is 967. The predicted octanol–water partition coefficient (Wildman–Crippen LogP) is 2.99. The molecule has 0 aliphatic rings. The van der Waals surface area contributed by atoms with Gasteiger partial charge in [0.25, 0.3) is 0 Å². The SMILES string of the molecule is CC(c1cccnc1)n1c(=O)n(C(=O)OC(C)(C)C)c2cccnc21. The maximum Gasteiger partial charge on any atom is 0.423 e. The van der Waals surface area contributed by atoms with Gasteiger partial charge in [-0.2, -0.15) is 4.57 Å². The van der Waals surface area contributed by atoms with E-state index in [0.29, 0.717) is 11.2 Å². The summed E-state index contributed by atoms with van der Waals surface area (Å²) in [6.45, 7) is 7.13. The van der Waals surface area contributed by atoms with E-state index in [1.807, 2.05) is 13.0 Å². The van der Waals surface area contributed by atoms with Crippen molar-refractivity contribution in [3.8, 4) is 0 Å². The van der Waals surface area contributed by atoms with E-state index in [1.54, 1.807) is 57.6 Å². The molecule has 0 aliphatic carbocycles. The standard InChI is InChI=1S/C18H20N4O3/c1-12(13-7-5-9-19-11-13)21-15-14(8-6-10-20-15)22(16(21)23)17(24)25-18(2,3)4/h5-12H,1-4H3. The van der Waals surface area contributed by atoms with Crippen molar-refractivity contribution >= 4 is 17.3 Å². The normalized spacial score (nSPS) is 13.0. The molecule has 3 heterocycles. The summed E-state index contributed by atoms with van der Waals surface area (Å²) in [6.07, 6.45) is 4.23. The van der Waals surface area contributed by atoms with Crippen LogP contribution in [0, 0.1) is 0 Å². The van der Waals surface area contributed by atoms with Gasteiger partial charge in [0.15, 0.2) is 5.65 Å². The number of pyridine rings is 2. The van der Waals surface area contributed by atoms with Gasteiger partial charge in [0, 0.05) is 18.6 Å². The molecular formula is C18H20N4O3. The molecule has 1 unspecified atom stereocenters. The van der Waals surface area contributed by atoms with Crippen LogP contribution in [0.3, 0.4) is 0 Å². The molecule has 7 heteroatoms. The predicted molar refractivity (Wildman–Crippen MR) is 93.7 cm³/mol. The molecule has 3 aromatic heterocycles. The average Bonchev–Trinajstić information content (AvgIpc) is 2.85. The molecule has 0 aliphatic heterocycles. The minimum absolute atomic E-state index is 0.331. The summed E-state index contributed by atoms with van der Waals surface area (Å²) < 4.78 is 7.89. The number of imidazole rings is 1. The highest BCUT2D eigenvalue weighted by atomic mass is 16.6. The zero-order valence-corrected chi connectivity index (χ0v) is 14.6. The van der Waals surface area contributed by atoms with E-state index in [2.05, 4.69) is 9.97 Å². The number of nitrogens with zero attached hydrogens (tertiary/aromatic N) is 4. The van der Waals surface area contributed by atoms with E-state index in [4.69, 9.17) is 4.74 Å². The van der Waals surface area contributed by atoms with Crippen molar-refractivity contribution in [1.82, 2.24) is 19.1 Å². The van der Waals surface area contributed by atoms with E-state index in [-0.39, 0.29) is 6.04 Å². The van der Waals surface area contributed by atoms with Crippen molar-refractivity contribution in [2.75, 3.05) is 0 Å². The van der Waals surface area contributed by atoms with Crippen LogP contribution >= 0.6 is 0 Å². The summed E-state index contributed by atoms with van der Waals surface area (Å²) in [5, 5.41) is 0. The third kappa shape index (κ3) is 3.17. The molecule has 0 saturated heterocycles. The zero-order valence-electron chi connectivity index (χ0n) is 14.6. The van der Waals surface area contributed by atoms with Crippen molar-refractivity contribution in [2.45, 2.75) is 39.3 Å². The lowest BCUT2D eigenvalue weighted by Crippen LogP contribution is -2.35. The summed E-state index contributed by atoms with van der Waals surface area (Å²) in [4.78, 5) is 33.9. The molecule has 0 fully saturated rings. The van der Waals surface area contributed by atoms with Crippen LogP contribution in [0.4, 0.5) is 4.79 Å². The van der Waals surface area contributed by atoms with Crippen molar-refractivity contribution in [1.29, 1.82) is 0 Å². The second kappa shape index (κ2) is 6.16. The Labute approximate surface area is 144 Å². The van der Waals surface area contributed by atoms with Gasteiger partial charge in [-0.05, 0) is 51.5 Å². The first-order chi connectivity index (χ1) is 11.8. The first kappa shape index (κ1) is 16.9. The molecule has 0 saturated carbocycles. The number of ether oxygens (including phenoxy) is 1. The maximum atomic E-state index is 13.0. The van der Waals surface area contributed by atoms with Gasteiger partial charge in [-0.1, -0.05) is 6.07 Å². The molecule has 3 aromatic rings. The maximum absolute atomic E-state index is 13.0. The molecule has 0 spiro atoms. The van der Waals surface area contributed by atoms with E-state index >= 15 is 0 Å². The molecule has 130 valence electrons. The Balaban J connectivity index is 2.20. The van der Waals surface area contributed by atoms with Crippen LogP contribution in [-0.4, -0.2) is 30.8 Å². The highest BCUT2D eigenvalue weighted by Crippen LogP contribution is 2.21. The van der Waals surface area contributed by atoms with Gasteiger partial charge in [-0.25, -0.2) is 14.6 Å². The summed E-state index contributed by atoms with van der Waals surface area (Å²) in [6, 6.07) is 6.71. The third-order valence-electron chi connectivity index (χ3n) is 3.76. The van der Waals surface area contributed by atoms with Crippen LogP contribution in [0.25, 0.3) is 11.2 Å². The molecule has 0 bridgehead atoms. The van der Waals surface area contributed by atoms with Gasteiger partial charge in [-0.15, -0.1) is 0 Å². The number of aromatic nitrogens is 4. The summed E-state index contributed by atoms with van der Waals surface area (Å²) >= 11 is 0. The van der Waals surface area contributed by atoms with Crippen LogP contribution in [-0.2, 0) is 4.74 Å². The van der Waals surface area contributed by atoms with E-state index < -0.39 is 17.4 Å². The number of hydrogen-bond acceptors (Lipinski definition) is 5. The summed E-state index contributed by atoms with van der Waals surface area (Å²) in [7, 11) is 0. The smallest absolute Gasteiger partial charge is 0.423 e. The van der Waals surface area contributed by atoms with Crippen molar-refractivity contribution in [2.24, 2.45) is 0 Å². The van der Waals surface area contributed by atoms with Gasteiger partial charge in [0.2, 0.25) is 0 Å².